The molecule has 29 heavy (non-hydrogen) atoms. The smallest absolute Gasteiger partial charge is 0.331 e. The van der Waals surface area contributed by atoms with Crippen molar-refractivity contribution >= 4 is 23.6 Å². The van der Waals surface area contributed by atoms with E-state index in [1.54, 1.807) is 25.1 Å². The minimum Gasteiger partial charge on any atom is -0.454 e. The number of rotatable bonds is 5. The van der Waals surface area contributed by atoms with Gasteiger partial charge >= 0.3 is 5.97 Å². The number of ether oxygens (including phenoxy) is 3. The maximum atomic E-state index is 12.1. The average Bonchev–Trinajstić information content (AvgIpc) is 3.37. The zero-order valence-electron chi connectivity index (χ0n) is 15.7. The molecule has 1 aliphatic heterocycles. The van der Waals surface area contributed by atoms with E-state index in [1.165, 1.54) is 6.08 Å². The number of nitrogens with zero attached hydrogens (tertiary/aromatic N) is 2. The molecule has 1 atom stereocenters. The highest BCUT2D eigenvalue weighted by Crippen LogP contribution is 2.40. The van der Waals surface area contributed by atoms with Gasteiger partial charge in [-0.25, -0.2) is 4.79 Å². The summed E-state index contributed by atoms with van der Waals surface area (Å²) in [7, 11) is 0. The zero-order valence-corrected chi connectivity index (χ0v) is 16.5. The average molecular weight is 413 g/mol. The third-order valence-corrected chi connectivity index (χ3v) is 4.52. The van der Waals surface area contributed by atoms with Gasteiger partial charge in [0.2, 0.25) is 12.7 Å². The van der Waals surface area contributed by atoms with Crippen molar-refractivity contribution in [3.05, 3.63) is 64.5 Å². The summed E-state index contributed by atoms with van der Waals surface area (Å²) in [6.45, 7) is 3.78. The number of carbonyl (C=O) groups excluding carboxylic acids is 1. The molecule has 1 aliphatic rings. The Hall–Kier alpha value is -3.32. The van der Waals surface area contributed by atoms with E-state index in [0.29, 0.717) is 28.0 Å². The summed E-state index contributed by atoms with van der Waals surface area (Å²) in [6.07, 6.45) is 2.18. The van der Waals surface area contributed by atoms with Crippen LogP contribution in [0, 0.1) is 6.92 Å². The zero-order chi connectivity index (χ0) is 20.4. The topological polar surface area (TPSA) is 83.7 Å². The van der Waals surface area contributed by atoms with Crippen molar-refractivity contribution in [3.8, 4) is 23.0 Å². The number of halogens is 1. The molecule has 1 aromatic heterocycles. The largest absolute Gasteiger partial charge is 0.454 e. The molecule has 0 spiro atoms. The summed E-state index contributed by atoms with van der Waals surface area (Å²) in [5.41, 5.74) is 2.61. The Morgan fingerprint density at radius 3 is 2.79 bits per heavy atom. The molecule has 0 bridgehead atoms. The molecular weight excluding hydrogens is 396 g/mol. The van der Waals surface area contributed by atoms with Crippen molar-refractivity contribution in [2.75, 3.05) is 6.79 Å². The van der Waals surface area contributed by atoms with Gasteiger partial charge in [-0.05, 0) is 49.8 Å². The quantitative estimate of drug-likeness (QED) is 0.441. The van der Waals surface area contributed by atoms with E-state index in [2.05, 4.69) is 10.2 Å². The molecule has 0 radical (unpaired) electrons. The van der Waals surface area contributed by atoms with Gasteiger partial charge < -0.3 is 18.6 Å². The lowest BCUT2D eigenvalue weighted by Gasteiger charge is -2.07. The first-order valence-corrected chi connectivity index (χ1v) is 9.25. The Balaban J connectivity index is 1.40. The van der Waals surface area contributed by atoms with Gasteiger partial charge in [-0.2, -0.15) is 0 Å². The van der Waals surface area contributed by atoms with Gasteiger partial charge in [0, 0.05) is 11.6 Å². The SMILES string of the molecule is Cc1ccc(-c2nnc([C@H](C)OC(=O)/C=C/c3cc(Cl)c4c(c3)OCO4)o2)cc1. The summed E-state index contributed by atoms with van der Waals surface area (Å²) >= 11 is 6.13. The lowest BCUT2D eigenvalue weighted by atomic mass is 10.1. The third kappa shape index (κ3) is 4.25. The van der Waals surface area contributed by atoms with Crippen LogP contribution in [-0.2, 0) is 9.53 Å². The normalized spacial score (nSPS) is 13.6. The maximum absolute atomic E-state index is 12.1. The second kappa shape index (κ2) is 7.97. The van der Waals surface area contributed by atoms with Crippen LogP contribution in [0.3, 0.4) is 0 Å². The van der Waals surface area contributed by atoms with Gasteiger partial charge in [-0.3, -0.25) is 0 Å². The van der Waals surface area contributed by atoms with Crippen LogP contribution in [0.5, 0.6) is 11.5 Å². The number of esters is 1. The first-order chi connectivity index (χ1) is 14.0. The molecule has 2 heterocycles. The van der Waals surface area contributed by atoms with Crippen molar-refractivity contribution in [1.29, 1.82) is 0 Å². The van der Waals surface area contributed by atoms with Crippen molar-refractivity contribution in [3.63, 3.8) is 0 Å². The Morgan fingerprint density at radius 2 is 2.00 bits per heavy atom. The van der Waals surface area contributed by atoms with Crippen molar-refractivity contribution < 1.29 is 23.4 Å². The molecule has 8 heteroatoms. The van der Waals surface area contributed by atoms with E-state index in [4.69, 9.17) is 30.2 Å². The summed E-state index contributed by atoms with van der Waals surface area (Å²) in [5, 5.41) is 8.40. The maximum Gasteiger partial charge on any atom is 0.331 e. The van der Waals surface area contributed by atoms with E-state index >= 15 is 0 Å². The molecule has 3 aromatic rings. The Morgan fingerprint density at radius 1 is 1.21 bits per heavy atom. The summed E-state index contributed by atoms with van der Waals surface area (Å²) in [5.74, 6) is 1.07. The van der Waals surface area contributed by atoms with Crippen LogP contribution in [-0.4, -0.2) is 23.0 Å². The summed E-state index contributed by atoms with van der Waals surface area (Å²) in [4.78, 5) is 12.1. The fourth-order valence-electron chi connectivity index (χ4n) is 2.72. The van der Waals surface area contributed by atoms with Gasteiger partial charge in [0.15, 0.2) is 17.6 Å². The molecule has 0 saturated carbocycles. The number of carbonyl (C=O) groups is 1. The molecule has 0 saturated heterocycles. The van der Waals surface area contributed by atoms with E-state index in [0.717, 1.165) is 11.1 Å². The van der Waals surface area contributed by atoms with Crippen molar-refractivity contribution in [2.45, 2.75) is 20.0 Å². The van der Waals surface area contributed by atoms with Crippen LogP contribution in [0.15, 0.2) is 46.9 Å². The molecule has 0 fully saturated rings. The third-order valence-electron chi connectivity index (χ3n) is 4.24. The minimum absolute atomic E-state index is 0.122. The first-order valence-electron chi connectivity index (χ1n) is 8.88. The minimum atomic E-state index is -0.695. The predicted octanol–water partition coefficient (Wildman–Crippen LogP) is 4.74. The van der Waals surface area contributed by atoms with Crippen molar-refractivity contribution in [2.24, 2.45) is 0 Å². The van der Waals surface area contributed by atoms with E-state index in [1.807, 2.05) is 31.2 Å². The summed E-state index contributed by atoms with van der Waals surface area (Å²) < 4.78 is 21.5. The lowest BCUT2D eigenvalue weighted by molar-refractivity contribution is -0.143. The lowest BCUT2D eigenvalue weighted by Crippen LogP contribution is -2.06. The van der Waals surface area contributed by atoms with Crippen LogP contribution in [0.4, 0.5) is 0 Å². The van der Waals surface area contributed by atoms with Crippen LogP contribution < -0.4 is 9.47 Å². The number of hydrogen-bond acceptors (Lipinski definition) is 7. The molecule has 148 valence electrons. The molecule has 0 aliphatic carbocycles. The highest BCUT2D eigenvalue weighted by molar-refractivity contribution is 6.32. The van der Waals surface area contributed by atoms with Crippen LogP contribution in [0.25, 0.3) is 17.5 Å². The number of hydrogen-bond donors (Lipinski definition) is 0. The first kappa shape index (κ1) is 19.0. The van der Waals surface area contributed by atoms with Gasteiger partial charge in [0.05, 0.1) is 5.02 Å². The molecule has 7 nitrogen and oxygen atoms in total. The number of fused-ring (bicyclic) bond motifs is 1. The monoisotopic (exact) mass is 412 g/mol. The van der Waals surface area contributed by atoms with Gasteiger partial charge in [0.25, 0.3) is 5.89 Å². The fourth-order valence-corrected chi connectivity index (χ4v) is 3.00. The molecule has 0 amide bonds. The van der Waals surface area contributed by atoms with E-state index in [-0.39, 0.29) is 12.7 Å². The number of aromatic nitrogens is 2. The van der Waals surface area contributed by atoms with Crippen LogP contribution in [0.1, 0.15) is 30.0 Å². The van der Waals surface area contributed by atoms with Crippen molar-refractivity contribution in [1.82, 2.24) is 10.2 Å². The number of aryl methyl sites for hydroxylation is 1. The van der Waals surface area contributed by atoms with E-state index in [9.17, 15) is 4.79 Å². The second-order valence-corrected chi connectivity index (χ2v) is 6.87. The summed E-state index contributed by atoms with van der Waals surface area (Å²) in [6, 6.07) is 11.1. The molecule has 0 N–H and O–H groups in total. The predicted molar refractivity (Wildman–Crippen MR) is 106 cm³/mol. The highest BCUT2D eigenvalue weighted by Gasteiger charge is 2.19. The Kier molecular flexibility index (Phi) is 5.22. The van der Waals surface area contributed by atoms with Crippen LogP contribution in [0.2, 0.25) is 5.02 Å². The van der Waals surface area contributed by atoms with Gasteiger partial charge in [-0.1, -0.05) is 29.3 Å². The molecule has 4 rings (SSSR count). The number of benzene rings is 2. The van der Waals surface area contributed by atoms with Crippen LogP contribution >= 0.6 is 11.6 Å². The van der Waals surface area contributed by atoms with E-state index < -0.39 is 12.1 Å². The standard InChI is InChI=1S/C21H17ClN2O5/c1-12-3-6-15(7-4-12)21-24-23-20(29-21)13(2)28-18(25)8-5-14-9-16(22)19-17(10-14)26-11-27-19/h3-10,13H,11H2,1-2H3/b8-5+/t13-/m0/s1. The second-order valence-electron chi connectivity index (χ2n) is 6.46. The van der Waals surface area contributed by atoms with Gasteiger partial charge in [0.1, 0.15) is 0 Å². The Labute approximate surface area is 171 Å². The van der Waals surface area contributed by atoms with Gasteiger partial charge in [-0.15, -0.1) is 10.2 Å². The Bertz CT molecular complexity index is 1080. The molecule has 2 aromatic carbocycles. The highest BCUT2D eigenvalue weighted by atomic mass is 35.5. The molecular formula is C21H17ClN2O5. The fraction of sp³-hybridized carbons (Fsp3) is 0.190. The molecule has 0 unspecified atom stereocenters.